The second-order valence-corrected chi connectivity index (χ2v) is 6.51. The maximum atomic E-state index is 12.5. The summed E-state index contributed by atoms with van der Waals surface area (Å²) in [5.41, 5.74) is 1.08. The lowest BCUT2D eigenvalue weighted by molar-refractivity contribution is -0.133. The molecule has 1 atom stereocenters. The molecule has 0 saturated carbocycles. The summed E-state index contributed by atoms with van der Waals surface area (Å²) in [7, 11) is 1.85. The molecule has 1 aromatic rings. The number of carbonyl (C=O) groups is 1. The van der Waals surface area contributed by atoms with E-state index >= 15 is 0 Å². The highest BCUT2D eigenvalue weighted by Gasteiger charge is 2.22. The van der Waals surface area contributed by atoms with Gasteiger partial charge in [0.25, 0.3) is 0 Å². The molecule has 6 heteroatoms. The standard InChI is InChI=1S/C17H26ClN3O2/c1-14(15-3-5-16(18)6-4-15)19(2)17(23)13-21-9-7-20(8-10-21)11-12-22/h3-6,14,22H,7-13H2,1-2H3. The molecule has 2 rings (SSSR count). The van der Waals surface area contributed by atoms with Crippen molar-refractivity contribution in [3.05, 3.63) is 34.9 Å². The fourth-order valence-electron chi connectivity index (χ4n) is 2.80. The van der Waals surface area contributed by atoms with Crippen molar-refractivity contribution in [3.63, 3.8) is 0 Å². The lowest BCUT2D eigenvalue weighted by atomic mass is 10.1. The maximum absolute atomic E-state index is 12.5. The molecule has 0 aliphatic carbocycles. The van der Waals surface area contributed by atoms with Crippen molar-refractivity contribution < 1.29 is 9.90 Å². The molecule has 128 valence electrons. The van der Waals surface area contributed by atoms with Crippen LogP contribution in [0.2, 0.25) is 5.02 Å². The predicted molar refractivity (Wildman–Crippen MR) is 92.6 cm³/mol. The average Bonchev–Trinajstić information content (AvgIpc) is 2.56. The van der Waals surface area contributed by atoms with Gasteiger partial charge in [-0.1, -0.05) is 23.7 Å². The highest BCUT2D eigenvalue weighted by molar-refractivity contribution is 6.30. The molecule has 5 nitrogen and oxygen atoms in total. The van der Waals surface area contributed by atoms with Crippen LogP contribution in [0.4, 0.5) is 0 Å². The number of amides is 1. The maximum Gasteiger partial charge on any atom is 0.236 e. The molecule has 1 aliphatic rings. The van der Waals surface area contributed by atoms with E-state index in [-0.39, 0.29) is 18.6 Å². The Kier molecular flexibility index (Phi) is 6.84. The fourth-order valence-corrected chi connectivity index (χ4v) is 2.92. The quantitative estimate of drug-likeness (QED) is 0.852. The van der Waals surface area contributed by atoms with E-state index in [0.717, 1.165) is 38.3 Å². The van der Waals surface area contributed by atoms with Crippen LogP contribution in [-0.4, -0.2) is 78.6 Å². The minimum atomic E-state index is 0.0236. The fraction of sp³-hybridized carbons (Fsp3) is 0.588. The van der Waals surface area contributed by atoms with Gasteiger partial charge >= 0.3 is 0 Å². The Bertz CT molecular complexity index is 501. The molecular weight excluding hydrogens is 314 g/mol. The van der Waals surface area contributed by atoms with Gasteiger partial charge in [0.1, 0.15) is 0 Å². The van der Waals surface area contributed by atoms with Crippen LogP contribution in [0.1, 0.15) is 18.5 Å². The summed E-state index contributed by atoms with van der Waals surface area (Å²) in [6, 6.07) is 7.66. The normalized spacial score (nSPS) is 17.9. The number of carbonyl (C=O) groups excluding carboxylic acids is 1. The number of nitrogens with zero attached hydrogens (tertiary/aromatic N) is 3. The van der Waals surface area contributed by atoms with E-state index in [0.29, 0.717) is 11.6 Å². The summed E-state index contributed by atoms with van der Waals surface area (Å²) >= 11 is 5.91. The summed E-state index contributed by atoms with van der Waals surface area (Å²) in [4.78, 5) is 18.7. The number of aliphatic hydroxyl groups excluding tert-OH is 1. The number of hydrogen-bond acceptors (Lipinski definition) is 4. The Balaban J connectivity index is 1.84. The number of hydrogen-bond donors (Lipinski definition) is 1. The summed E-state index contributed by atoms with van der Waals surface area (Å²) in [6.45, 7) is 6.94. The van der Waals surface area contributed by atoms with Crippen molar-refractivity contribution in [1.82, 2.24) is 14.7 Å². The Morgan fingerprint density at radius 1 is 1.22 bits per heavy atom. The smallest absolute Gasteiger partial charge is 0.236 e. The van der Waals surface area contributed by atoms with E-state index in [1.54, 1.807) is 4.90 Å². The first-order valence-electron chi connectivity index (χ1n) is 8.08. The van der Waals surface area contributed by atoms with Gasteiger partial charge in [-0.05, 0) is 24.6 Å². The topological polar surface area (TPSA) is 47.0 Å². The number of benzene rings is 1. The van der Waals surface area contributed by atoms with Gasteiger partial charge in [-0.2, -0.15) is 0 Å². The first-order chi connectivity index (χ1) is 11.0. The zero-order chi connectivity index (χ0) is 16.8. The van der Waals surface area contributed by atoms with E-state index in [1.807, 2.05) is 38.2 Å². The number of piperazine rings is 1. The van der Waals surface area contributed by atoms with Gasteiger partial charge in [-0.3, -0.25) is 14.6 Å². The van der Waals surface area contributed by atoms with Crippen LogP contribution in [-0.2, 0) is 4.79 Å². The van der Waals surface area contributed by atoms with E-state index in [2.05, 4.69) is 9.80 Å². The molecule has 0 bridgehead atoms. The van der Waals surface area contributed by atoms with Crippen molar-refractivity contribution >= 4 is 17.5 Å². The van der Waals surface area contributed by atoms with Gasteiger partial charge in [-0.25, -0.2) is 0 Å². The minimum Gasteiger partial charge on any atom is -0.395 e. The molecule has 0 spiro atoms. The first kappa shape index (κ1) is 18.2. The second kappa shape index (κ2) is 8.64. The van der Waals surface area contributed by atoms with E-state index < -0.39 is 0 Å². The monoisotopic (exact) mass is 339 g/mol. The number of aliphatic hydroxyl groups is 1. The van der Waals surface area contributed by atoms with Crippen LogP contribution in [0.5, 0.6) is 0 Å². The third-order valence-electron chi connectivity index (χ3n) is 4.57. The lowest BCUT2D eigenvalue weighted by Crippen LogP contribution is -2.50. The van der Waals surface area contributed by atoms with E-state index in [4.69, 9.17) is 16.7 Å². The van der Waals surface area contributed by atoms with Gasteiger partial charge in [0.05, 0.1) is 19.2 Å². The summed E-state index contributed by atoms with van der Waals surface area (Å²) in [5, 5.41) is 9.67. The third kappa shape index (κ3) is 5.18. The largest absolute Gasteiger partial charge is 0.395 e. The van der Waals surface area contributed by atoms with Crippen LogP contribution in [0.15, 0.2) is 24.3 Å². The molecule has 23 heavy (non-hydrogen) atoms. The Morgan fingerprint density at radius 3 is 2.35 bits per heavy atom. The molecule has 1 fully saturated rings. The first-order valence-corrected chi connectivity index (χ1v) is 8.45. The third-order valence-corrected chi connectivity index (χ3v) is 4.82. The van der Waals surface area contributed by atoms with Crippen LogP contribution in [0.3, 0.4) is 0 Å². The van der Waals surface area contributed by atoms with Crippen molar-refractivity contribution in [3.8, 4) is 0 Å². The highest BCUT2D eigenvalue weighted by atomic mass is 35.5. The molecule has 0 radical (unpaired) electrons. The molecule has 0 aromatic heterocycles. The van der Waals surface area contributed by atoms with Crippen molar-refractivity contribution in [2.45, 2.75) is 13.0 Å². The van der Waals surface area contributed by atoms with Crippen LogP contribution in [0, 0.1) is 0 Å². The molecule has 1 saturated heterocycles. The van der Waals surface area contributed by atoms with E-state index in [1.165, 1.54) is 0 Å². The number of β-amino-alcohol motifs (C(OH)–C–C–N with tert-alkyl or cyclic N) is 1. The summed E-state index contributed by atoms with van der Waals surface area (Å²) in [6.07, 6.45) is 0. The van der Waals surface area contributed by atoms with Gasteiger partial charge < -0.3 is 10.0 Å². The van der Waals surface area contributed by atoms with Gasteiger partial charge in [0.2, 0.25) is 5.91 Å². The SMILES string of the molecule is CC(c1ccc(Cl)cc1)N(C)C(=O)CN1CCN(CCO)CC1. The van der Waals surface area contributed by atoms with Crippen molar-refractivity contribution in [2.24, 2.45) is 0 Å². The molecule has 1 N–H and O–H groups in total. The van der Waals surface area contributed by atoms with Crippen molar-refractivity contribution in [1.29, 1.82) is 0 Å². The molecule has 1 aromatic carbocycles. The van der Waals surface area contributed by atoms with Crippen LogP contribution in [0.25, 0.3) is 0 Å². The molecule has 1 unspecified atom stereocenters. The number of halogens is 1. The van der Waals surface area contributed by atoms with E-state index in [9.17, 15) is 4.79 Å². The molecule has 1 aliphatic heterocycles. The second-order valence-electron chi connectivity index (χ2n) is 6.07. The Morgan fingerprint density at radius 2 is 1.78 bits per heavy atom. The zero-order valence-electron chi connectivity index (χ0n) is 13.9. The molecule has 1 amide bonds. The lowest BCUT2D eigenvalue weighted by Gasteiger charge is -2.35. The number of likely N-dealkylation sites (N-methyl/N-ethyl adjacent to an activating group) is 1. The van der Waals surface area contributed by atoms with Gasteiger partial charge in [0.15, 0.2) is 0 Å². The number of rotatable bonds is 6. The minimum absolute atomic E-state index is 0.0236. The summed E-state index contributed by atoms with van der Waals surface area (Å²) < 4.78 is 0. The highest BCUT2D eigenvalue weighted by Crippen LogP contribution is 2.21. The van der Waals surface area contributed by atoms with Crippen molar-refractivity contribution in [2.75, 3.05) is 52.9 Å². The predicted octanol–water partition coefficient (Wildman–Crippen LogP) is 1.47. The average molecular weight is 340 g/mol. The Hall–Kier alpha value is -1.14. The molecular formula is C17H26ClN3O2. The Labute approximate surface area is 143 Å². The van der Waals surface area contributed by atoms with Crippen LogP contribution < -0.4 is 0 Å². The summed E-state index contributed by atoms with van der Waals surface area (Å²) in [5.74, 6) is 0.128. The molecule has 1 heterocycles. The van der Waals surface area contributed by atoms with Gasteiger partial charge in [-0.15, -0.1) is 0 Å². The zero-order valence-corrected chi connectivity index (χ0v) is 14.7. The van der Waals surface area contributed by atoms with Gasteiger partial charge in [0, 0.05) is 44.8 Å². The van der Waals surface area contributed by atoms with Crippen LogP contribution >= 0.6 is 11.6 Å².